The Morgan fingerprint density at radius 1 is 0.900 bits per heavy atom. The Morgan fingerprint density at radius 3 is 2.20 bits per heavy atom. The number of carbonyl (C=O) groups excluding carboxylic acids is 4. The molecule has 1 saturated heterocycles. The number of nitrogens with zero attached hydrogens (tertiary/aromatic N) is 1. The first kappa shape index (κ1) is 26.4. The van der Waals surface area contributed by atoms with Crippen molar-refractivity contribution < 1.29 is 24.3 Å². The maximum Gasteiger partial charge on any atom is 0.234 e. The van der Waals surface area contributed by atoms with E-state index in [-0.39, 0.29) is 41.6 Å². The van der Waals surface area contributed by atoms with Gasteiger partial charge in [0, 0.05) is 11.8 Å². The number of phenols is 1. The first-order valence-corrected chi connectivity index (χ1v) is 14.1. The number of hydrogen-bond acceptors (Lipinski definition) is 5. The molecule has 1 aliphatic heterocycles. The smallest absolute Gasteiger partial charge is 0.234 e. The van der Waals surface area contributed by atoms with Crippen LogP contribution in [0.1, 0.15) is 61.8 Å². The monoisotopic (exact) mass is 537 g/mol. The molecule has 2 fully saturated rings. The predicted octanol–water partition coefficient (Wildman–Crippen LogP) is 5.35. The molecule has 1 N–H and O–H groups in total. The van der Waals surface area contributed by atoms with Crippen LogP contribution in [-0.4, -0.2) is 33.4 Å². The summed E-state index contributed by atoms with van der Waals surface area (Å²) in [5.74, 6) is -2.61. The van der Waals surface area contributed by atoms with Crippen molar-refractivity contribution in [3.05, 3.63) is 87.5 Å². The molecule has 2 aromatic carbocycles. The maximum absolute atomic E-state index is 14.1. The molecule has 6 rings (SSSR count). The zero-order valence-corrected chi connectivity index (χ0v) is 23.7. The van der Waals surface area contributed by atoms with Gasteiger partial charge in [-0.15, -0.1) is 0 Å². The van der Waals surface area contributed by atoms with Crippen LogP contribution in [0.25, 0.3) is 0 Å². The van der Waals surface area contributed by atoms with Crippen molar-refractivity contribution in [2.75, 3.05) is 0 Å². The third kappa shape index (κ3) is 3.54. The molecular formula is C34H35NO5. The topological polar surface area (TPSA) is 91.8 Å². The Kier molecular flexibility index (Phi) is 6.02. The number of amides is 2. The molecule has 2 aromatic rings. The Hall–Kier alpha value is -3.80. The van der Waals surface area contributed by atoms with Gasteiger partial charge in [-0.1, -0.05) is 61.0 Å². The van der Waals surface area contributed by atoms with Crippen LogP contribution < -0.4 is 0 Å². The fourth-order valence-electron chi connectivity index (χ4n) is 8.10. The first-order valence-electron chi connectivity index (χ1n) is 14.1. The summed E-state index contributed by atoms with van der Waals surface area (Å²) in [6, 6.07) is 13.3. The summed E-state index contributed by atoms with van der Waals surface area (Å²) in [5, 5.41) is 10.5. The number of aryl methyl sites for hydroxylation is 2. The molecular weight excluding hydrogens is 502 g/mol. The van der Waals surface area contributed by atoms with Crippen LogP contribution in [0.3, 0.4) is 0 Å². The number of hydrogen-bond donors (Lipinski definition) is 1. The Balaban J connectivity index is 1.49. The zero-order chi connectivity index (χ0) is 28.7. The van der Waals surface area contributed by atoms with Gasteiger partial charge in [-0.2, -0.15) is 0 Å². The van der Waals surface area contributed by atoms with Gasteiger partial charge in [0.05, 0.1) is 23.8 Å². The normalized spacial score (nSPS) is 31.7. The number of rotatable bonds is 3. The first-order chi connectivity index (χ1) is 19.0. The van der Waals surface area contributed by atoms with Crippen LogP contribution in [0.2, 0.25) is 0 Å². The summed E-state index contributed by atoms with van der Waals surface area (Å²) in [7, 11) is 0. The lowest BCUT2D eigenvalue weighted by Gasteiger charge is -2.54. The largest absolute Gasteiger partial charge is 0.507 e. The van der Waals surface area contributed by atoms with Crippen molar-refractivity contribution in [3.63, 3.8) is 0 Å². The van der Waals surface area contributed by atoms with E-state index in [1.165, 1.54) is 4.90 Å². The van der Waals surface area contributed by atoms with Crippen molar-refractivity contribution >= 4 is 23.4 Å². The summed E-state index contributed by atoms with van der Waals surface area (Å²) < 4.78 is 0. The van der Waals surface area contributed by atoms with Gasteiger partial charge in [0.2, 0.25) is 11.8 Å². The third-order valence-corrected chi connectivity index (χ3v) is 10.3. The summed E-state index contributed by atoms with van der Waals surface area (Å²) in [6.07, 6.45) is 2.87. The van der Waals surface area contributed by atoms with E-state index < -0.39 is 29.1 Å². The fraction of sp³-hybridized carbons (Fsp3) is 0.412. The van der Waals surface area contributed by atoms with Crippen LogP contribution >= 0.6 is 0 Å². The summed E-state index contributed by atoms with van der Waals surface area (Å²) in [5.41, 5.74) is 4.09. The number of allylic oxidation sites excluding steroid dienone is 4. The molecule has 6 heteroatoms. The van der Waals surface area contributed by atoms with Gasteiger partial charge < -0.3 is 5.11 Å². The zero-order valence-electron chi connectivity index (χ0n) is 23.7. The molecule has 40 heavy (non-hydrogen) atoms. The molecule has 206 valence electrons. The Labute approximate surface area is 234 Å². The standard InChI is InChI=1S/C34H35NO5/c1-17-13-22(14-18(2)29(17)36)28-23-11-12-24-27(33(40)35(32(24)39)16-21-9-7-6-8-10-21)25(23)15-26-30(37)19(3)20(4)31(38)34(26,28)5/h6-11,13-14,24-28,36H,12,15-16H2,1-5H3/t24-,25+,26-,27-,28-,34+/m0/s1. The van der Waals surface area contributed by atoms with E-state index >= 15 is 0 Å². The van der Waals surface area contributed by atoms with Crippen LogP contribution in [0.5, 0.6) is 5.75 Å². The molecule has 0 unspecified atom stereocenters. The van der Waals surface area contributed by atoms with Crippen molar-refractivity contribution in [2.24, 2.45) is 29.1 Å². The van der Waals surface area contributed by atoms with Gasteiger partial charge >= 0.3 is 0 Å². The number of benzene rings is 2. The van der Waals surface area contributed by atoms with E-state index in [4.69, 9.17) is 0 Å². The Bertz CT molecular complexity index is 1530. The van der Waals surface area contributed by atoms with Gasteiger partial charge in [0.1, 0.15) is 5.75 Å². The number of ketones is 2. The average molecular weight is 538 g/mol. The lowest BCUT2D eigenvalue weighted by Crippen LogP contribution is -2.55. The van der Waals surface area contributed by atoms with Crippen molar-refractivity contribution in [1.29, 1.82) is 0 Å². The lowest BCUT2D eigenvalue weighted by atomic mass is 9.46. The van der Waals surface area contributed by atoms with Crippen molar-refractivity contribution in [2.45, 2.75) is 59.9 Å². The van der Waals surface area contributed by atoms with E-state index in [1.54, 1.807) is 13.8 Å². The number of imide groups is 1. The molecule has 0 spiro atoms. The van der Waals surface area contributed by atoms with Crippen molar-refractivity contribution in [1.82, 2.24) is 4.90 Å². The molecule has 3 aliphatic carbocycles. The van der Waals surface area contributed by atoms with E-state index in [0.717, 1.165) is 16.7 Å². The predicted molar refractivity (Wildman–Crippen MR) is 150 cm³/mol. The van der Waals surface area contributed by atoms with E-state index in [9.17, 15) is 24.3 Å². The molecule has 1 saturated carbocycles. The minimum atomic E-state index is -1.03. The van der Waals surface area contributed by atoms with E-state index in [1.807, 2.05) is 63.2 Å². The minimum Gasteiger partial charge on any atom is -0.507 e. The molecule has 6 atom stereocenters. The lowest BCUT2D eigenvalue weighted by molar-refractivity contribution is -0.143. The van der Waals surface area contributed by atoms with E-state index in [0.29, 0.717) is 35.1 Å². The quantitative estimate of drug-likeness (QED) is 0.421. The molecule has 2 amide bonds. The second-order valence-corrected chi connectivity index (χ2v) is 12.4. The number of fused-ring (bicyclic) bond motifs is 4. The summed E-state index contributed by atoms with van der Waals surface area (Å²) in [6.45, 7) is 9.26. The second kappa shape index (κ2) is 9.12. The fourth-order valence-corrected chi connectivity index (χ4v) is 8.10. The highest BCUT2D eigenvalue weighted by molar-refractivity contribution is 6.16. The average Bonchev–Trinajstić information content (AvgIpc) is 3.18. The maximum atomic E-state index is 14.1. The molecule has 6 nitrogen and oxygen atoms in total. The van der Waals surface area contributed by atoms with Gasteiger partial charge in [0.15, 0.2) is 11.6 Å². The molecule has 1 heterocycles. The number of Topliss-reactive ketones (excluding diaryl/α,β-unsaturated/α-hetero) is 2. The van der Waals surface area contributed by atoms with E-state index in [2.05, 4.69) is 6.08 Å². The van der Waals surface area contributed by atoms with Crippen LogP contribution in [0.4, 0.5) is 0 Å². The highest BCUT2D eigenvalue weighted by Gasteiger charge is 2.63. The van der Waals surface area contributed by atoms with Crippen molar-refractivity contribution in [3.8, 4) is 5.75 Å². The summed E-state index contributed by atoms with van der Waals surface area (Å²) >= 11 is 0. The SMILES string of the molecule is CC1=C(C)C(=O)[C@@]2(C)[C@@H](c3cc(C)c(O)c(C)c3)C3=CC[C@@H]4C(=O)N(Cc5ccccc5)C(=O)[C@@H]4[C@@H]3C[C@H]2C1=O. The van der Waals surface area contributed by atoms with Crippen LogP contribution in [-0.2, 0) is 25.7 Å². The van der Waals surface area contributed by atoms with Gasteiger partial charge in [0.25, 0.3) is 0 Å². The van der Waals surface area contributed by atoms with Crippen LogP contribution in [0.15, 0.2) is 65.3 Å². The third-order valence-electron chi connectivity index (χ3n) is 10.3. The number of likely N-dealkylation sites (tertiary alicyclic amines) is 1. The number of carbonyl (C=O) groups is 4. The molecule has 4 aliphatic rings. The van der Waals surface area contributed by atoms with Gasteiger partial charge in [-0.3, -0.25) is 24.1 Å². The van der Waals surface area contributed by atoms with Crippen LogP contribution in [0, 0.1) is 42.9 Å². The number of aromatic hydroxyl groups is 1. The highest BCUT2D eigenvalue weighted by Crippen LogP contribution is 2.63. The minimum absolute atomic E-state index is 0.0380. The summed E-state index contributed by atoms with van der Waals surface area (Å²) in [4.78, 5) is 57.0. The van der Waals surface area contributed by atoms with Gasteiger partial charge in [-0.25, -0.2) is 0 Å². The molecule has 0 bridgehead atoms. The number of phenolic OH excluding ortho intramolecular Hbond substituents is 1. The molecule has 0 radical (unpaired) electrons. The second-order valence-electron chi connectivity index (χ2n) is 12.4. The highest BCUT2D eigenvalue weighted by atomic mass is 16.3. The molecule has 0 aromatic heterocycles. The Morgan fingerprint density at radius 2 is 1.55 bits per heavy atom. The van der Waals surface area contributed by atoms with Gasteiger partial charge in [-0.05, 0) is 79.9 Å².